The van der Waals surface area contributed by atoms with E-state index in [-0.39, 0.29) is 5.91 Å². The Hall–Kier alpha value is -0.570. The van der Waals surface area contributed by atoms with Crippen LogP contribution in [0.25, 0.3) is 0 Å². The second kappa shape index (κ2) is 3.72. The van der Waals surface area contributed by atoms with Gasteiger partial charge in [-0.25, -0.2) is 0 Å². The highest BCUT2D eigenvalue weighted by Crippen LogP contribution is 2.04. The van der Waals surface area contributed by atoms with Crippen LogP contribution in [0.3, 0.4) is 0 Å². The molecule has 1 amide bonds. The quantitative estimate of drug-likeness (QED) is 0.628. The predicted octanol–water partition coefficient (Wildman–Crippen LogP) is 0.422. The lowest BCUT2D eigenvalue weighted by Gasteiger charge is -2.15. The Bertz CT molecular complexity index is 139. The summed E-state index contributed by atoms with van der Waals surface area (Å²) in [6, 6.07) is 0. The van der Waals surface area contributed by atoms with Crippen molar-refractivity contribution in [3.63, 3.8) is 0 Å². The van der Waals surface area contributed by atoms with Crippen molar-refractivity contribution >= 4 is 5.91 Å². The zero-order valence-electron chi connectivity index (χ0n) is 7.26. The van der Waals surface area contributed by atoms with Gasteiger partial charge in [-0.15, -0.1) is 0 Å². The van der Waals surface area contributed by atoms with Crippen molar-refractivity contribution < 1.29 is 4.79 Å². The Kier molecular flexibility index (Phi) is 2.88. The van der Waals surface area contributed by atoms with Crippen LogP contribution in [0, 0.1) is 5.92 Å². The molecule has 0 aromatic rings. The molecule has 0 saturated carbocycles. The summed E-state index contributed by atoms with van der Waals surface area (Å²) in [5.74, 6) is 0.758. The smallest absolute Gasteiger partial charge is 0.223 e. The molecule has 1 aliphatic rings. The Labute approximate surface area is 67.8 Å². The van der Waals surface area contributed by atoms with Crippen LogP contribution in [0.2, 0.25) is 0 Å². The molecule has 3 heteroatoms. The molecule has 3 nitrogen and oxygen atoms in total. The Morgan fingerprint density at radius 1 is 1.64 bits per heavy atom. The van der Waals surface area contributed by atoms with Gasteiger partial charge in [0.05, 0.1) is 6.67 Å². The molecule has 0 bridgehead atoms. The maximum Gasteiger partial charge on any atom is 0.223 e. The molecule has 0 aromatic carbocycles. The molecule has 0 aliphatic carbocycles. The Morgan fingerprint density at radius 3 is 2.82 bits per heavy atom. The van der Waals surface area contributed by atoms with Gasteiger partial charge in [-0.1, -0.05) is 13.8 Å². The van der Waals surface area contributed by atoms with Gasteiger partial charge in [-0.3, -0.25) is 10.1 Å². The molecule has 1 N–H and O–H groups in total. The summed E-state index contributed by atoms with van der Waals surface area (Å²) in [6.45, 7) is 6.71. The topological polar surface area (TPSA) is 32.3 Å². The van der Waals surface area contributed by atoms with Crippen molar-refractivity contribution in [2.24, 2.45) is 5.92 Å². The van der Waals surface area contributed by atoms with Gasteiger partial charge >= 0.3 is 0 Å². The average molecular weight is 156 g/mol. The fourth-order valence-corrected chi connectivity index (χ4v) is 1.20. The van der Waals surface area contributed by atoms with Crippen molar-refractivity contribution in [3.05, 3.63) is 0 Å². The minimum atomic E-state index is 0.282. The van der Waals surface area contributed by atoms with Gasteiger partial charge in [0.25, 0.3) is 0 Å². The van der Waals surface area contributed by atoms with Gasteiger partial charge in [0.2, 0.25) is 5.91 Å². The first kappa shape index (κ1) is 8.53. The third kappa shape index (κ3) is 2.50. The lowest BCUT2D eigenvalue weighted by molar-refractivity contribution is -0.130. The molecule has 0 aromatic heterocycles. The number of amides is 1. The fraction of sp³-hybridized carbons (Fsp3) is 0.875. The SMILES string of the molecule is CC(C)CC(=O)N1CCNC1. The fourth-order valence-electron chi connectivity index (χ4n) is 1.20. The predicted molar refractivity (Wildman–Crippen MR) is 44.0 cm³/mol. The number of hydrogen-bond donors (Lipinski definition) is 1. The van der Waals surface area contributed by atoms with E-state index in [2.05, 4.69) is 19.2 Å². The van der Waals surface area contributed by atoms with Crippen LogP contribution in [0.4, 0.5) is 0 Å². The number of nitrogens with zero attached hydrogens (tertiary/aromatic N) is 1. The normalized spacial score (nSPS) is 17.9. The first-order chi connectivity index (χ1) is 5.20. The number of nitrogens with one attached hydrogen (secondary N) is 1. The number of rotatable bonds is 2. The third-order valence-electron chi connectivity index (χ3n) is 1.80. The van der Waals surface area contributed by atoms with Crippen LogP contribution in [-0.4, -0.2) is 30.6 Å². The molecule has 1 heterocycles. The summed E-state index contributed by atoms with van der Waals surface area (Å²) in [4.78, 5) is 13.2. The first-order valence-corrected chi connectivity index (χ1v) is 4.18. The van der Waals surface area contributed by atoms with Gasteiger partial charge in [0.1, 0.15) is 0 Å². The summed E-state index contributed by atoms with van der Waals surface area (Å²) >= 11 is 0. The van der Waals surface area contributed by atoms with Crippen molar-refractivity contribution in [1.29, 1.82) is 0 Å². The summed E-state index contributed by atoms with van der Waals surface area (Å²) in [5.41, 5.74) is 0. The largest absolute Gasteiger partial charge is 0.329 e. The zero-order chi connectivity index (χ0) is 8.27. The molecule has 1 fully saturated rings. The molecule has 0 spiro atoms. The summed E-state index contributed by atoms with van der Waals surface area (Å²) in [6.07, 6.45) is 0.682. The molecule has 64 valence electrons. The van der Waals surface area contributed by atoms with E-state index in [9.17, 15) is 4.79 Å². The number of carbonyl (C=O) groups is 1. The minimum Gasteiger partial charge on any atom is -0.329 e. The van der Waals surface area contributed by atoms with Gasteiger partial charge in [0.15, 0.2) is 0 Å². The van der Waals surface area contributed by atoms with E-state index in [0.717, 1.165) is 19.8 Å². The maximum absolute atomic E-state index is 11.3. The Balaban J connectivity index is 2.28. The van der Waals surface area contributed by atoms with Crippen molar-refractivity contribution in [3.8, 4) is 0 Å². The van der Waals surface area contributed by atoms with Gasteiger partial charge < -0.3 is 4.90 Å². The van der Waals surface area contributed by atoms with E-state index in [0.29, 0.717) is 12.3 Å². The molecule has 1 aliphatic heterocycles. The highest BCUT2D eigenvalue weighted by molar-refractivity contribution is 5.76. The van der Waals surface area contributed by atoms with Crippen LogP contribution in [0.15, 0.2) is 0 Å². The molecule has 0 atom stereocenters. The van der Waals surface area contributed by atoms with Crippen LogP contribution in [-0.2, 0) is 4.79 Å². The monoisotopic (exact) mass is 156 g/mol. The maximum atomic E-state index is 11.3. The third-order valence-corrected chi connectivity index (χ3v) is 1.80. The van der Waals surface area contributed by atoms with E-state index >= 15 is 0 Å². The van der Waals surface area contributed by atoms with Crippen LogP contribution in [0.1, 0.15) is 20.3 Å². The molecule has 1 rings (SSSR count). The highest BCUT2D eigenvalue weighted by atomic mass is 16.2. The van der Waals surface area contributed by atoms with E-state index < -0.39 is 0 Å². The summed E-state index contributed by atoms with van der Waals surface area (Å²) in [5, 5.41) is 3.13. The average Bonchev–Trinajstić information content (AvgIpc) is 2.35. The number of carbonyl (C=O) groups excluding carboxylic acids is 1. The van der Waals surface area contributed by atoms with Crippen molar-refractivity contribution in [1.82, 2.24) is 10.2 Å². The summed E-state index contributed by atoms with van der Waals surface area (Å²) < 4.78 is 0. The molecule has 1 saturated heterocycles. The Morgan fingerprint density at radius 2 is 2.36 bits per heavy atom. The molecule has 0 radical (unpaired) electrons. The minimum absolute atomic E-state index is 0.282. The standard InChI is InChI=1S/C8H16N2O/c1-7(2)5-8(11)10-4-3-9-6-10/h7,9H,3-6H2,1-2H3. The van der Waals surface area contributed by atoms with Gasteiger partial charge in [0, 0.05) is 19.5 Å². The van der Waals surface area contributed by atoms with Crippen LogP contribution < -0.4 is 5.32 Å². The molecule has 0 unspecified atom stereocenters. The van der Waals surface area contributed by atoms with E-state index in [1.807, 2.05) is 4.90 Å². The first-order valence-electron chi connectivity index (χ1n) is 4.18. The molecular weight excluding hydrogens is 140 g/mol. The lowest BCUT2D eigenvalue weighted by Crippen LogP contribution is -2.30. The van der Waals surface area contributed by atoms with Crippen molar-refractivity contribution in [2.45, 2.75) is 20.3 Å². The van der Waals surface area contributed by atoms with E-state index in [1.165, 1.54) is 0 Å². The van der Waals surface area contributed by atoms with E-state index in [1.54, 1.807) is 0 Å². The van der Waals surface area contributed by atoms with Gasteiger partial charge in [-0.05, 0) is 5.92 Å². The number of hydrogen-bond acceptors (Lipinski definition) is 2. The highest BCUT2D eigenvalue weighted by Gasteiger charge is 2.17. The van der Waals surface area contributed by atoms with Crippen LogP contribution >= 0.6 is 0 Å². The zero-order valence-corrected chi connectivity index (χ0v) is 7.26. The van der Waals surface area contributed by atoms with Crippen LogP contribution in [0.5, 0.6) is 0 Å². The summed E-state index contributed by atoms with van der Waals surface area (Å²) in [7, 11) is 0. The molecule has 11 heavy (non-hydrogen) atoms. The molecular formula is C8H16N2O. The second-order valence-electron chi connectivity index (χ2n) is 3.41. The lowest BCUT2D eigenvalue weighted by atomic mass is 10.1. The van der Waals surface area contributed by atoms with Crippen molar-refractivity contribution in [2.75, 3.05) is 19.8 Å². The van der Waals surface area contributed by atoms with Gasteiger partial charge in [-0.2, -0.15) is 0 Å². The van der Waals surface area contributed by atoms with E-state index in [4.69, 9.17) is 0 Å². The second-order valence-corrected chi connectivity index (χ2v) is 3.41.